The van der Waals surface area contributed by atoms with Gasteiger partial charge < -0.3 is 5.32 Å². The summed E-state index contributed by atoms with van der Waals surface area (Å²) < 4.78 is 1.97. The van der Waals surface area contributed by atoms with E-state index in [-0.39, 0.29) is 0 Å². The van der Waals surface area contributed by atoms with Crippen LogP contribution in [0, 0.1) is 6.92 Å². The molecule has 0 radical (unpaired) electrons. The number of aromatic nitrogens is 3. The van der Waals surface area contributed by atoms with Gasteiger partial charge in [-0.1, -0.05) is 6.07 Å². The van der Waals surface area contributed by atoms with Gasteiger partial charge in [0.25, 0.3) is 0 Å². The average Bonchev–Trinajstić information content (AvgIpc) is 2.65. The third-order valence-corrected chi connectivity index (χ3v) is 2.22. The molecule has 1 N–H and O–H groups in total. The minimum Gasteiger partial charge on any atom is -0.314 e. The lowest BCUT2D eigenvalue weighted by Gasteiger charge is -2.06. The van der Waals surface area contributed by atoms with Crippen molar-refractivity contribution < 1.29 is 0 Å². The zero-order chi connectivity index (χ0) is 10.7. The fourth-order valence-corrected chi connectivity index (χ4v) is 1.50. The molecule has 0 amide bonds. The largest absolute Gasteiger partial charge is 0.314 e. The zero-order valence-electron chi connectivity index (χ0n) is 8.94. The molecule has 0 saturated carbocycles. The molecule has 2 aromatic heterocycles. The van der Waals surface area contributed by atoms with Crippen LogP contribution in [0.1, 0.15) is 11.5 Å². The van der Waals surface area contributed by atoms with Gasteiger partial charge in [0.05, 0.1) is 5.69 Å². The van der Waals surface area contributed by atoms with Crippen molar-refractivity contribution in [2.24, 2.45) is 0 Å². The van der Waals surface area contributed by atoms with Crippen molar-refractivity contribution >= 4 is 0 Å². The van der Waals surface area contributed by atoms with Crippen LogP contribution in [0.4, 0.5) is 0 Å². The van der Waals surface area contributed by atoms with E-state index in [9.17, 15) is 0 Å². The van der Waals surface area contributed by atoms with E-state index >= 15 is 0 Å². The van der Waals surface area contributed by atoms with Crippen LogP contribution in [0.15, 0.2) is 30.6 Å². The van der Waals surface area contributed by atoms with Crippen molar-refractivity contribution in [2.45, 2.75) is 13.5 Å². The molecule has 2 aromatic rings. The summed E-state index contributed by atoms with van der Waals surface area (Å²) in [5.74, 6) is 1.86. The third kappa shape index (κ3) is 2.05. The molecular formula is C11H14N4. The minimum atomic E-state index is 0.779. The summed E-state index contributed by atoms with van der Waals surface area (Å²) in [6.07, 6.45) is 3.70. The molecule has 0 atom stereocenters. The molecule has 4 nitrogen and oxygen atoms in total. The Labute approximate surface area is 89.0 Å². The first kappa shape index (κ1) is 9.86. The lowest BCUT2D eigenvalue weighted by atomic mass is 10.3. The highest BCUT2D eigenvalue weighted by molar-refractivity contribution is 5.26. The fourth-order valence-electron chi connectivity index (χ4n) is 1.50. The first-order valence-electron chi connectivity index (χ1n) is 4.92. The van der Waals surface area contributed by atoms with Gasteiger partial charge >= 0.3 is 0 Å². The number of aryl methyl sites for hydroxylation is 1. The number of nitrogens with zero attached hydrogens (tertiary/aromatic N) is 3. The van der Waals surface area contributed by atoms with Gasteiger partial charge in [0.15, 0.2) is 0 Å². The maximum atomic E-state index is 4.53. The third-order valence-electron chi connectivity index (χ3n) is 2.22. The summed E-state index contributed by atoms with van der Waals surface area (Å²) in [5, 5.41) is 3.08. The molecule has 0 unspecified atom stereocenters. The summed E-state index contributed by atoms with van der Waals surface area (Å²) in [5.41, 5.74) is 1.03. The van der Waals surface area contributed by atoms with E-state index in [1.54, 1.807) is 6.20 Å². The lowest BCUT2D eigenvalue weighted by Crippen LogP contribution is -2.08. The summed E-state index contributed by atoms with van der Waals surface area (Å²) in [7, 11) is 1.91. The van der Waals surface area contributed by atoms with Gasteiger partial charge in [-0.25, -0.2) is 9.97 Å². The second kappa shape index (κ2) is 4.23. The molecule has 0 saturated heterocycles. The SMILES string of the molecule is CNCc1cccc(-n2ccnc2C)n1. The Morgan fingerprint density at radius 1 is 1.40 bits per heavy atom. The fraction of sp³-hybridized carbons (Fsp3) is 0.273. The molecule has 4 heteroatoms. The second-order valence-corrected chi connectivity index (χ2v) is 3.36. The molecule has 78 valence electrons. The Kier molecular flexibility index (Phi) is 2.78. The van der Waals surface area contributed by atoms with Gasteiger partial charge in [0.1, 0.15) is 11.6 Å². The maximum Gasteiger partial charge on any atom is 0.138 e. The van der Waals surface area contributed by atoms with Crippen LogP contribution in [0.2, 0.25) is 0 Å². The second-order valence-electron chi connectivity index (χ2n) is 3.36. The van der Waals surface area contributed by atoms with E-state index < -0.39 is 0 Å². The molecule has 0 spiro atoms. The predicted octanol–water partition coefficient (Wildman–Crippen LogP) is 1.30. The highest BCUT2D eigenvalue weighted by atomic mass is 15.1. The first-order chi connectivity index (χ1) is 7.31. The topological polar surface area (TPSA) is 42.7 Å². The van der Waals surface area contributed by atoms with Gasteiger partial charge in [-0.15, -0.1) is 0 Å². The van der Waals surface area contributed by atoms with Crippen molar-refractivity contribution in [3.05, 3.63) is 42.1 Å². The van der Waals surface area contributed by atoms with Crippen molar-refractivity contribution in [3.63, 3.8) is 0 Å². The standard InChI is InChI=1S/C11H14N4/c1-9-13-6-7-15(9)11-5-3-4-10(14-11)8-12-2/h3-7,12H,8H2,1-2H3. The van der Waals surface area contributed by atoms with Gasteiger partial charge in [-0.2, -0.15) is 0 Å². The molecular weight excluding hydrogens is 188 g/mol. The summed E-state index contributed by atoms with van der Waals surface area (Å²) in [6, 6.07) is 5.99. The Morgan fingerprint density at radius 2 is 2.27 bits per heavy atom. The molecule has 0 aromatic carbocycles. The van der Waals surface area contributed by atoms with Crippen LogP contribution in [-0.2, 0) is 6.54 Å². The molecule has 0 aliphatic rings. The quantitative estimate of drug-likeness (QED) is 0.815. The van der Waals surface area contributed by atoms with Gasteiger partial charge in [-0.3, -0.25) is 4.57 Å². The highest BCUT2D eigenvalue weighted by Gasteiger charge is 2.02. The van der Waals surface area contributed by atoms with Crippen molar-refractivity contribution in [3.8, 4) is 5.82 Å². The first-order valence-corrected chi connectivity index (χ1v) is 4.92. The Bertz CT molecular complexity index is 447. The van der Waals surface area contributed by atoms with Crippen LogP contribution >= 0.6 is 0 Å². The van der Waals surface area contributed by atoms with Crippen molar-refractivity contribution in [1.29, 1.82) is 0 Å². The van der Waals surface area contributed by atoms with Crippen LogP contribution in [-0.4, -0.2) is 21.6 Å². The Hall–Kier alpha value is -1.68. The molecule has 2 rings (SSSR count). The van der Waals surface area contributed by atoms with Crippen LogP contribution in [0.25, 0.3) is 5.82 Å². The van der Waals surface area contributed by atoms with E-state index in [1.807, 2.05) is 42.9 Å². The molecule has 0 aliphatic carbocycles. The summed E-state index contributed by atoms with van der Waals surface area (Å²) >= 11 is 0. The summed E-state index contributed by atoms with van der Waals surface area (Å²) in [4.78, 5) is 8.70. The minimum absolute atomic E-state index is 0.779. The van der Waals surface area contributed by atoms with Crippen LogP contribution in [0.3, 0.4) is 0 Å². The van der Waals surface area contributed by atoms with E-state index in [0.29, 0.717) is 0 Å². The van der Waals surface area contributed by atoms with E-state index in [1.165, 1.54) is 0 Å². The number of hydrogen-bond donors (Lipinski definition) is 1. The summed E-state index contributed by atoms with van der Waals surface area (Å²) in [6.45, 7) is 2.74. The number of nitrogens with one attached hydrogen (secondary N) is 1. The highest BCUT2D eigenvalue weighted by Crippen LogP contribution is 2.07. The number of imidazole rings is 1. The smallest absolute Gasteiger partial charge is 0.138 e. The molecule has 0 bridgehead atoms. The Balaban J connectivity index is 2.37. The number of rotatable bonds is 3. The van der Waals surface area contributed by atoms with E-state index in [2.05, 4.69) is 15.3 Å². The van der Waals surface area contributed by atoms with Gasteiger partial charge in [-0.05, 0) is 26.1 Å². The predicted molar refractivity (Wildman–Crippen MR) is 58.9 cm³/mol. The van der Waals surface area contributed by atoms with Gasteiger partial charge in [0.2, 0.25) is 0 Å². The number of hydrogen-bond acceptors (Lipinski definition) is 3. The number of pyridine rings is 1. The van der Waals surface area contributed by atoms with Gasteiger partial charge in [0, 0.05) is 18.9 Å². The maximum absolute atomic E-state index is 4.53. The Morgan fingerprint density at radius 3 is 2.93 bits per heavy atom. The van der Waals surface area contributed by atoms with Crippen molar-refractivity contribution in [2.75, 3.05) is 7.05 Å². The monoisotopic (exact) mass is 202 g/mol. The molecule has 2 heterocycles. The normalized spacial score (nSPS) is 10.5. The lowest BCUT2D eigenvalue weighted by molar-refractivity contribution is 0.781. The van der Waals surface area contributed by atoms with Crippen LogP contribution in [0.5, 0.6) is 0 Å². The zero-order valence-corrected chi connectivity index (χ0v) is 8.94. The van der Waals surface area contributed by atoms with E-state index in [4.69, 9.17) is 0 Å². The molecule has 0 aliphatic heterocycles. The van der Waals surface area contributed by atoms with Crippen molar-refractivity contribution in [1.82, 2.24) is 19.9 Å². The van der Waals surface area contributed by atoms with E-state index in [0.717, 1.165) is 23.9 Å². The average molecular weight is 202 g/mol. The molecule has 0 fully saturated rings. The molecule has 15 heavy (non-hydrogen) atoms. The van der Waals surface area contributed by atoms with Crippen LogP contribution < -0.4 is 5.32 Å².